The van der Waals surface area contributed by atoms with Crippen LogP contribution in [-0.2, 0) is 9.53 Å². The Balaban J connectivity index is 3.84. The number of rotatable bonds is 3. The highest BCUT2D eigenvalue weighted by Crippen LogP contribution is 2.22. The topological polar surface area (TPSA) is 46.5 Å². The van der Waals surface area contributed by atoms with Crippen LogP contribution in [0.1, 0.15) is 13.3 Å². The zero-order valence-corrected chi connectivity index (χ0v) is 6.39. The van der Waals surface area contributed by atoms with E-state index in [1.54, 1.807) is 0 Å². The molecule has 1 unspecified atom stereocenters. The Morgan fingerprint density at radius 1 is 1.58 bits per heavy atom. The lowest BCUT2D eigenvalue weighted by Gasteiger charge is -2.12. The minimum atomic E-state index is -4.76. The maximum Gasteiger partial charge on any atom is 0.414 e. The van der Waals surface area contributed by atoms with E-state index in [4.69, 9.17) is 5.11 Å². The van der Waals surface area contributed by atoms with E-state index in [1.165, 1.54) is 6.92 Å². The van der Waals surface area contributed by atoms with Crippen molar-refractivity contribution in [1.29, 1.82) is 0 Å². The van der Waals surface area contributed by atoms with E-state index >= 15 is 0 Å². The van der Waals surface area contributed by atoms with Crippen molar-refractivity contribution in [2.45, 2.75) is 25.6 Å². The van der Waals surface area contributed by atoms with Crippen molar-refractivity contribution in [1.82, 2.24) is 0 Å². The largest absolute Gasteiger partial charge is 0.466 e. The highest BCUT2D eigenvalue weighted by atomic mass is 19.4. The summed E-state index contributed by atoms with van der Waals surface area (Å²) in [7, 11) is 0. The predicted octanol–water partition coefficient (Wildman–Crippen LogP) is 0.863. The maximum absolute atomic E-state index is 11.6. The van der Waals surface area contributed by atoms with Gasteiger partial charge in [-0.15, -0.1) is 0 Å². The zero-order chi connectivity index (χ0) is 9.78. The number of aliphatic hydroxyl groups excluding tert-OH is 1. The average molecular weight is 186 g/mol. The van der Waals surface area contributed by atoms with Gasteiger partial charge in [0.1, 0.15) is 0 Å². The van der Waals surface area contributed by atoms with Crippen LogP contribution in [0.3, 0.4) is 0 Å². The fourth-order valence-corrected chi connectivity index (χ4v) is 0.494. The summed E-state index contributed by atoms with van der Waals surface area (Å²) in [5.74, 6) is -1.05. The molecular weight excluding hydrogens is 177 g/mol. The Labute approximate surface area is 67.1 Å². The second kappa shape index (κ2) is 4.30. The molecule has 0 radical (unpaired) electrons. The van der Waals surface area contributed by atoms with E-state index in [9.17, 15) is 18.0 Å². The van der Waals surface area contributed by atoms with Crippen LogP contribution in [0.25, 0.3) is 0 Å². The Morgan fingerprint density at radius 3 is 2.42 bits per heavy atom. The second-order valence-electron chi connectivity index (χ2n) is 2.07. The molecule has 0 heterocycles. The van der Waals surface area contributed by atoms with Crippen LogP contribution in [0.2, 0.25) is 0 Å². The Morgan fingerprint density at radius 2 is 2.08 bits per heavy atom. The molecule has 0 aliphatic rings. The fourth-order valence-electron chi connectivity index (χ4n) is 0.494. The van der Waals surface area contributed by atoms with E-state index in [0.717, 1.165) is 0 Å². The first kappa shape index (κ1) is 11.2. The predicted molar refractivity (Wildman–Crippen MR) is 33.3 cm³/mol. The molecule has 12 heavy (non-hydrogen) atoms. The molecule has 0 aliphatic heterocycles. The summed E-state index contributed by atoms with van der Waals surface area (Å²) in [6.45, 7) is 1.47. The highest BCUT2D eigenvalue weighted by Gasteiger charge is 2.39. The SMILES string of the molecule is CCOC(=O)CC(O)C(F)(F)F. The summed E-state index contributed by atoms with van der Waals surface area (Å²) >= 11 is 0. The van der Waals surface area contributed by atoms with Gasteiger partial charge in [0, 0.05) is 0 Å². The van der Waals surface area contributed by atoms with E-state index in [0.29, 0.717) is 0 Å². The van der Waals surface area contributed by atoms with Gasteiger partial charge in [0.2, 0.25) is 0 Å². The van der Waals surface area contributed by atoms with Gasteiger partial charge in [-0.05, 0) is 6.92 Å². The van der Waals surface area contributed by atoms with Gasteiger partial charge in [-0.1, -0.05) is 0 Å². The molecule has 0 aliphatic carbocycles. The smallest absolute Gasteiger partial charge is 0.414 e. The van der Waals surface area contributed by atoms with Crippen LogP contribution in [0.5, 0.6) is 0 Å². The number of hydrogen-bond acceptors (Lipinski definition) is 3. The van der Waals surface area contributed by atoms with Crippen LogP contribution in [0, 0.1) is 0 Å². The summed E-state index contributed by atoms with van der Waals surface area (Å²) in [5, 5.41) is 8.36. The molecular formula is C6H9F3O3. The van der Waals surface area contributed by atoms with E-state index < -0.39 is 24.7 Å². The summed E-state index contributed by atoms with van der Waals surface area (Å²) in [6.07, 6.45) is -8.43. The van der Waals surface area contributed by atoms with Gasteiger partial charge in [-0.25, -0.2) is 0 Å². The molecule has 0 aromatic rings. The summed E-state index contributed by atoms with van der Waals surface area (Å²) in [5.41, 5.74) is 0. The van der Waals surface area contributed by atoms with Crippen LogP contribution < -0.4 is 0 Å². The van der Waals surface area contributed by atoms with Crippen molar-refractivity contribution in [3.63, 3.8) is 0 Å². The van der Waals surface area contributed by atoms with Crippen LogP contribution in [0.15, 0.2) is 0 Å². The molecule has 0 spiro atoms. The second-order valence-corrected chi connectivity index (χ2v) is 2.07. The first-order chi connectivity index (χ1) is 5.38. The monoisotopic (exact) mass is 186 g/mol. The maximum atomic E-state index is 11.6. The van der Waals surface area contributed by atoms with Crippen molar-refractivity contribution >= 4 is 5.97 Å². The third kappa shape index (κ3) is 4.17. The molecule has 0 fully saturated rings. The zero-order valence-electron chi connectivity index (χ0n) is 6.39. The molecule has 1 atom stereocenters. The quantitative estimate of drug-likeness (QED) is 0.665. The molecule has 1 N–H and O–H groups in total. The molecule has 0 aromatic carbocycles. The molecule has 0 saturated carbocycles. The number of ether oxygens (including phenoxy) is 1. The van der Waals surface area contributed by atoms with Gasteiger partial charge in [0.25, 0.3) is 0 Å². The van der Waals surface area contributed by atoms with Gasteiger partial charge in [-0.3, -0.25) is 4.79 Å². The average Bonchev–Trinajstić information content (AvgIpc) is 1.85. The minimum Gasteiger partial charge on any atom is -0.466 e. The number of alkyl halides is 3. The lowest BCUT2D eigenvalue weighted by atomic mass is 10.2. The minimum absolute atomic E-state index is 0.00338. The summed E-state index contributed by atoms with van der Waals surface area (Å²) < 4.78 is 39.0. The summed E-state index contributed by atoms with van der Waals surface area (Å²) in [4.78, 5) is 10.4. The first-order valence-electron chi connectivity index (χ1n) is 3.28. The van der Waals surface area contributed by atoms with E-state index in [-0.39, 0.29) is 6.61 Å². The lowest BCUT2D eigenvalue weighted by molar-refractivity contribution is -0.209. The fraction of sp³-hybridized carbons (Fsp3) is 0.833. The van der Waals surface area contributed by atoms with Crippen LogP contribution >= 0.6 is 0 Å². The lowest BCUT2D eigenvalue weighted by Crippen LogP contribution is -2.31. The Kier molecular flexibility index (Phi) is 4.02. The molecule has 0 amide bonds. The normalized spacial score (nSPS) is 14.1. The van der Waals surface area contributed by atoms with Crippen LogP contribution in [-0.4, -0.2) is 30.0 Å². The number of aliphatic hydroxyl groups is 1. The van der Waals surface area contributed by atoms with Crippen molar-refractivity contribution in [2.24, 2.45) is 0 Å². The molecule has 0 aromatic heterocycles. The number of carbonyl (C=O) groups excluding carboxylic acids is 1. The highest BCUT2D eigenvalue weighted by molar-refractivity contribution is 5.69. The van der Waals surface area contributed by atoms with Gasteiger partial charge in [0.15, 0.2) is 6.10 Å². The van der Waals surface area contributed by atoms with Crippen molar-refractivity contribution in [2.75, 3.05) is 6.61 Å². The molecule has 0 rings (SSSR count). The summed E-state index contributed by atoms with van der Waals surface area (Å²) in [6, 6.07) is 0. The molecule has 6 heteroatoms. The van der Waals surface area contributed by atoms with Gasteiger partial charge < -0.3 is 9.84 Å². The number of halogens is 3. The Bertz CT molecular complexity index is 155. The first-order valence-corrected chi connectivity index (χ1v) is 3.28. The Hall–Kier alpha value is -0.780. The molecule has 0 saturated heterocycles. The molecule has 72 valence electrons. The third-order valence-corrected chi connectivity index (χ3v) is 1.04. The van der Waals surface area contributed by atoms with E-state index in [2.05, 4.69) is 4.74 Å². The molecule has 3 nitrogen and oxygen atoms in total. The standard InChI is InChI=1S/C6H9F3O3/c1-2-12-5(11)3-4(10)6(7,8)9/h4,10H,2-3H2,1H3. The molecule has 0 bridgehead atoms. The van der Waals surface area contributed by atoms with Crippen molar-refractivity contribution in [3.8, 4) is 0 Å². The number of esters is 1. The van der Waals surface area contributed by atoms with Gasteiger partial charge >= 0.3 is 12.1 Å². The third-order valence-electron chi connectivity index (χ3n) is 1.04. The van der Waals surface area contributed by atoms with Gasteiger partial charge in [-0.2, -0.15) is 13.2 Å². The van der Waals surface area contributed by atoms with Crippen LogP contribution in [0.4, 0.5) is 13.2 Å². The number of hydrogen-bond donors (Lipinski definition) is 1. The van der Waals surface area contributed by atoms with Crippen molar-refractivity contribution in [3.05, 3.63) is 0 Å². The van der Waals surface area contributed by atoms with Gasteiger partial charge in [0.05, 0.1) is 13.0 Å². The van der Waals surface area contributed by atoms with Crippen molar-refractivity contribution < 1.29 is 27.8 Å². The number of carbonyl (C=O) groups is 1. The van der Waals surface area contributed by atoms with E-state index in [1.807, 2.05) is 0 Å².